The molecular weight excluding hydrogens is 330 g/mol. The fourth-order valence-corrected chi connectivity index (χ4v) is 3.23. The lowest BCUT2D eigenvalue weighted by molar-refractivity contribution is -0.146. The molecule has 0 fully saturated rings. The Morgan fingerprint density at radius 1 is 1.08 bits per heavy atom. The number of nitrogens with one attached hydrogen (secondary N) is 1. The molecule has 2 aromatic rings. The van der Waals surface area contributed by atoms with Crippen molar-refractivity contribution in [1.82, 2.24) is 5.32 Å². The van der Waals surface area contributed by atoms with Crippen LogP contribution in [0.25, 0.3) is 0 Å². The smallest absolute Gasteiger partial charge is 0.328 e. The first-order chi connectivity index (χ1) is 12.6. The molecule has 0 aliphatic carbocycles. The Labute approximate surface area is 153 Å². The lowest BCUT2D eigenvalue weighted by atomic mass is 9.86. The van der Waals surface area contributed by atoms with Crippen molar-refractivity contribution in [3.05, 3.63) is 59.7 Å². The summed E-state index contributed by atoms with van der Waals surface area (Å²) in [6.45, 7) is 3.90. The highest BCUT2D eigenvalue weighted by Crippen LogP contribution is 2.43. The van der Waals surface area contributed by atoms with E-state index in [0.29, 0.717) is 11.5 Å². The average Bonchev–Trinajstić information content (AvgIpc) is 2.68. The van der Waals surface area contributed by atoms with Crippen LogP contribution in [-0.2, 0) is 14.3 Å². The number of esters is 1. The predicted octanol–water partition coefficient (Wildman–Crippen LogP) is 3.63. The van der Waals surface area contributed by atoms with Crippen LogP contribution in [0, 0.1) is 5.92 Å². The molecule has 3 rings (SSSR count). The van der Waals surface area contributed by atoms with Gasteiger partial charge in [0.1, 0.15) is 17.5 Å². The van der Waals surface area contributed by atoms with Gasteiger partial charge in [-0.3, -0.25) is 4.79 Å². The van der Waals surface area contributed by atoms with Crippen molar-refractivity contribution in [3.8, 4) is 11.5 Å². The van der Waals surface area contributed by atoms with E-state index in [0.717, 1.165) is 17.5 Å². The van der Waals surface area contributed by atoms with E-state index in [1.807, 2.05) is 62.4 Å². The molecule has 2 atom stereocenters. The fraction of sp³-hybridized carbons (Fsp3) is 0.333. The number of hydrogen-bond donors (Lipinski definition) is 1. The topological polar surface area (TPSA) is 64.6 Å². The summed E-state index contributed by atoms with van der Waals surface area (Å²) in [4.78, 5) is 25.4. The molecule has 0 saturated heterocycles. The molecule has 1 N–H and O–H groups in total. The molecule has 1 aliphatic rings. The van der Waals surface area contributed by atoms with Crippen molar-refractivity contribution >= 4 is 11.9 Å². The molecule has 1 heterocycles. The van der Waals surface area contributed by atoms with Crippen LogP contribution < -0.4 is 10.1 Å². The number of para-hydroxylation sites is 2. The van der Waals surface area contributed by atoms with E-state index in [2.05, 4.69) is 5.32 Å². The molecule has 0 unspecified atom stereocenters. The highest BCUT2D eigenvalue weighted by Gasteiger charge is 2.35. The van der Waals surface area contributed by atoms with Crippen LogP contribution in [0.4, 0.5) is 0 Å². The minimum absolute atomic E-state index is 0.0308. The summed E-state index contributed by atoms with van der Waals surface area (Å²) in [5, 5.41) is 2.90. The standard InChI is InChI=1S/C21H23NO4/c1-4-13(2)19(21(24)25-3)22-20(23)18-14-9-5-7-11-16(14)26-17-12-8-6-10-15(17)18/h5-13,18-19H,4H2,1-3H3,(H,22,23)/t13-,19-/m0/s1. The van der Waals surface area contributed by atoms with Crippen LogP contribution in [-0.4, -0.2) is 25.0 Å². The summed E-state index contributed by atoms with van der Waals surface area (Å²) >= 11 is 0. The molecule has 0 spiro atoms. The van der Waals surface area contributed by atoms with E-state index in [-0.39, 0.29) is 11.8 Å². The van der Waals surface area contributed by atoms with Crippen LogP contribution in [0.3, 0.4) is 0 Å². The molecule has 1 amide bonds. The van der Waals surface area contributed by atoms with Gasteiger partial charge >= 0.3 is 5.97 Å². The van der Waals surface area contributed by atoms with Gasteiger partial charge in [-0.25, -0.2) is 4.79 Å². The summed E-state index contributed by atoms with van der Waals surface area (Å²) < 4.78 is 10.8. The third-order valence-corrected chi connectivity index (χ3v) is 4.91. The second-order valence-electron chi connectivity index (χ2n) is 6.51. The Kier molecular flexibility index (Phi) is 5.26. The number of fused-ring (bicyclic) bond motifs is 2. The van der Waals surface area contributed by atoms with Gasteiger partial charge in [-0.15, -0.1) is 0 Å². The second kappa shape index (κ2) is 7.60. The van der Waals surface area contributed by atoms with Crippen molar-refractivity contribution in [2.45, 2.75) is 32.2 Å². The first kappa shape index (κ1) is 18.0. The summed E-state index contributed by atoms with van der Waals surface area (Å²) in [5.74, 6) is 0.0864. The van der Waals surface area contributed by atoms with Crippen LogP contribution in [0.2, 0.25) is 0 Å². The Bertz CT molecular complexity index is 772. The zero-order valence-corrected chi connectivity index (χ0v) is 15.2. The minimum atomic E-state index is -0.681. The predicted molar refractivity (Wildman–Crippen MR) is 98.2 cm³/mol. The molecule has 2 aromatic carbocycles. The van der Waals surface area contributed by atoms with Crippen molar-refractivity contribution in [2.75, 3.05) is 7.11 Å². The number of ether oxygens (including phenoxy) is 2. The molecule has 26 heavy (non-hydrogen) atoms. The third-order valence-electron chi connectivity index (χ3n) is 4.91. The average molecular weight is 353 g/mol. The van der Waals surface area contributed by atoms with Crippen molar-refractivity contribution in [2.24, 2.45) is 5.92 Å². The van der Waals surface area contributed by atoms with Gasteiger partial charge in [0.2, 0.25) is 5.91 Å². The van der Waals surface area contributed by atoms with Gasteiger partial charge in [0, 0.05) is 11.1 Å². The molecule has 0 aromatic heterocycles. The highest BCUT2D eigenvalue weighted by molar-refractivity contribution is 5.92. The van der Waals surface area contributed by atoms with E-state index in [4.69, 9.17) is 9.47 Å². The number of carbonyl (C=O) groups excluding carboxylic acids is 2. The van der Waals surface area contributed by atoms with Gasteiger partial charge in [0.25, 0.3) is 0 Å². The van der Waals surface area contributed by atoms with Crippen LogP contribution >= 0.6 is 0 Å². The maximum Gasteiger partial charge on any atom is 0.328 e. The maximum absolute atomic E-state index is 13.2. The number of rotatable bonds is 5. The molecular formula is C21H23NO4. The van der Waals surface area contributed by atoms with Gasteiger partial charge in [-0.1, -0.05) is 56.7 Å². The fourth-order valence-electron chi connectivity index (χ4n) is 3.23. The Hall–Kier alpha value is -2.82. The Morgan fingerprint density at radius 2 is 1.62 bits per heavy atom. The zero-order chi connectivity index (χ0) is 18.7. The zero-order valence-electron chi connectivity index (χ0n) is 15.2. The van der Waals surface area contributed by atoms with Crippen molar-refractivity contribution in [3.63, 3.8) is 0 Å². The van der Waals surface area contributed by atoms with Crippen LogP contribution in [0.15, 0.2) is 48.5 Å². The third kappa shape index (κ3) is 3.29. The first-order valence-electron chi connectivity index (χ1n) is 8.80. The van der Waals surface area contributed by atoms with E-state index in [1.165, 1.54) is 7.11 Å². The van der Waals surface area contributed by atoms with E-state index < -0.39 is 17.9 Å². The van der Waals surface area contributed by atoms with Gasteiger partial charge in [0.15, 0.2) is 0 Å². The lowest BCUT2D eigenvalue weighted by Gasteiger charge is -2.29. The van der Waals surface area contributed by atoms with Gasteiger partial charge in [-0.2, -0.15) is 0 Å². The number of amides is 1. The van der Waals surface area contributed by atoms with Gasteiger partial charge in [0.05, 0.1) is 13.0 Å². The number of hydrogen-bond acceptors (Lipinski definition) is 4. The quantitative estimate of drug-likeness (QED) is 0.834. The Balaban J connectivity index is 1.97. The molecule has 136 valence electrons. The summed E-state index contributed by atoms with van der Waals surface area (Å²) in [5.41, 5.74) is 1.58. The molecule has 5 nitrogen and oxygen atoms in total. The first-order valence-corrected chi connectivity index (χ1v) is 8.80. The van der Waals surface area contributed by atoms with Gasteiger partial charge in [-0.05, 0) is 18.1 Å². The van der Waals surface area contributed by atoms with Crippen molar-refractivity contribution < 1.29 is 19.1 Å². The maximum atomic E-state index is 13.2. The number of carbonyl (C=O) groups is 2. The molecule has 0 bridgehead atoms. The summed E-state index contributed by atoms with van der Waals surface area (Å²) in [7, 11) is 1.34. The van der Waals surface area contributed by atoms with E-state index in [1.54, 1.807) is 0 Å². The molecule has 5 heteroatoms. The Morgan fingerprint density at radius 3 is 2.12 bits per heavy atom. The second-order valence-corrected chi connectivity index (χ2v) is 6.51. The molecule has 0 radical (unpaired) electrons. The monoisotopic (exact) mass is 353 g/mol. The summed E-state index contributed by atoms with van der Waals surface area (Å²) in [6, 6.07) is 14.3. The van der Waals surface area contributed by atoms with E-state index >= 15 is 0 Å². The minimum Gasteiger partial charge on any atom is -0.467 e. The van der Waals surface area contributed by atoms with Gasteiger partial charge < -0.3 is 14.8 Å². The summed E-state index contributed by atoms with van der Waals surface area (Å²) in [6.07, 6.45) is 0.751. The lowest BCUT2D eigenvalue weighted by Crippen LogP contribution is -2.47. The van der Waals surface area contributed by atoms with Crippen LogP contribution in [0.5, 0.6) is 11.5 Å². The van der Waals surface area contributed by atoms with E-state index in [9.17, 15) is 9.59 Å². The molecule has 0 saturated carbocycles. The molecule has 1 aliphatic heterocycles. The SMILES string of the molecule is CC[C@H](C)[C@H](NC(=O)C1c2ccccc2Oc2ccccc21)C(=O)OC. The highest BCUT2D eigenvalue weighted by atomic mass is 16.5. The van der Waals surface area contributed by atoms with Crippen molar-refractivity contribution in [1.29, 1.82) is 0 Å². The normalized spacial score (nSPS) is 15.0. The number of methoxy groups -OCH3 is 1. The van der Waals surface area contributed by atoms with Crippen LogP contribution in [0.1, 0.15) is 37.3 Å². The number of benzene rings is 2. The largest absolute Gasteiger partial charge is 0.467 e.